The Balaban J connectivity index is 2.16. The van der Waals surface area contributed by atoms with Gasteiger partial charge in [0, 0.05) is 16.7 Å². The van der Waals surface area contributed by atoms with E-state index < -0.39 is 0 Å². The fourth-order valence-electron chi connectivity index (χ4n) is 1.93. The average Bonchev–Trinajstić information content (AvgIpc) is 2.39. The normalized spacial score (nSPS) is 12.3. The third-order valence-electron chi connectivity index (χ3n) is 2.83. The molecule has 0 saturated carbocycles. The summed E-state index contributed by atoms with van der Waals surface area (Å²) in [4.78, 5) is 1.33. The molecular weight excluding hydrogens is 238 g/mol. The molecule has 2 heteroatoms. The van der Waals surface area contributed by atoms with Gasteiger partial charge in [-0.25, -0.2) is 0 Å². The largest absolute Gasteiger partial charge is 0.318 e. The molecule has 0 bridgehead atoms. The third kappa shape index (κ3) is 3.62. The van der Waals surface area contributed by atoms with Crippen LogP contribution in [-0.4, -0.2) is 13.6 Å². The van der Waals surface area contributed by atoms with Crippen LogP contribution < -0.4 is 5.32 Å². The van der Waals surface area contributed by atoms with Crippen LogP contribution in [0.3, 0.4) is 0 Å². The van der Waals surface area contributed by atoms with Crippen LogP contribution in [0.2, 0.25) is 0 Å². The molecule has 2 rings (SSSR count). The highest BCUT2D eigenvalue weighted by Crippen LogP contribution is 2.34. The van der Waals surface area contributed by atoms with Gasteiger partial charge < -0.3 is 5.32 Å². The summed E-state index contributed by atoms with van der Waals surface area (Å²) < 4.78 is 0. The Labute approximate surface area is 114 Å². The fourth-order valence-corrected chi connectivity index (χ4v) is 3.22. The minimum absolute atomic E-state index is 0.456. The molecule has 0 aromatic heterocycles. The predicted molar refractivity (Wildman–Crippen MR) is 80.1 cm³/mol. The smallest absolute Gasteiger partial charge is 0.0468 e. The Bertz CT molecular complexity index is 481. The predicted octanol–water partition coefficient (Wildman–Crippen LogP) is 4.05. The maximum absolute atomic E-state index is 3.28. The molecule has 1 N–H and O–H groups in total. The van der Waals surface area contributed by atoms with Gasteiger partial charge in [-0.15, -0.1) is 11.8 Å². The first-order valence-electron chi connectivity index (χ1n) is 6.22. The minimum Gasteiger partial charge on any atom is -0.318 e. The quantitative estimate of drug-likeness (QED) is 0.811. The fraction of sp³-hybridized carbons (Fsp3) is 0.250. The van der Waals surface area contributed by atoms with Crippen molar-refractivity contribution in [2.75, 3.05) is 13.6 Å². The molecule has 0 fully saturated rings. The summed E-state index contributed by atoms with van der Waals surface area (Å²) in [5.74, 6) is 0. The Hall–Kier alpha value is -1.25. The molecule has 0 aliphatic heterocycles. The van der Waals surface area contributed by atoms with Crippen LogP contribution in [0.1, 0.15) is 16.4 Å². The van der Waals surface area contributed by atoms with Crippen LogP contribution in [0.15, 0.2) is 59.5 Å². The number of benzene rings is 2. The number of hydrogen-bond donors (Lipinski definition) is 1. The van der Waals surface area contributed by atoms with Gasteiger partial charge in [-0.3, -0.25) is 0 Å². The van der Waals surface area contributed by atoms with Gasteiger partial charge >= 0.3 is 0 Å². The molecule has 0 saturated heterocycles. The van der Waals surface area contributed by atoms with Crippen molar-refractivity contribution in [3.8, 4) is 0 Å². The van der Waals surface area contributed by atoms with Gasteiger partial charge in [0.25, 0.3) is 0 Å². The zero-order chi connectivity index (χ0) is 12.8. The Morgan fingerprint density at radius 1 is 1.06 bits per heavy atom. The molecule has 0 heterocycles. The van der Waals surface area contributed by atoms with E-state index in [2.05, 4.69) is 66.8 Å². The molecule has 0 spiro atoms. The lowest BCUT2D eigenvalue weighted by molar-refractivity contribution is 0.778. The minimum atomic E-state index is 0.456. The van der Waals surface area contributed by atoms with E-state index in [0.717, 1.165) is 6.54 Å². The maximum Gasteiger partial charge on any atom is 0.0468 e. The van der Waals surface area contributed by atoms with E-state index in [9.17, 15) is 0 Å². The van der Waals surface area contributed by atoms with Gasteiger partial charge in [0.2, 0.25) is 0 Å². The van der Waals surface area contributed by atoms with Gasteiger partial charge in [0.1, 0.15) is 0 Å². The van der Waals surface area contributed by atoms with E-state index in [1.807, 2.05) is 18.8 Å². The molecule has 0 aliphatic rings. The van der Waals surface area contributed by atoms with Crippen LogP contribution in [0.5, 0.6) is 0 Å². The summed E-state index contributed by atoms with van der Waals surface area (Å²) in [7, 11) is 2.01. The average molecular weight is 257 g/mol. The number of aryl methyl sites for hydroxylation is 1. The van der Waals surface area contributed by atoms with E-state index in [1.165, 1.54) is 16.0 Å². The van der Waals surface area contributed by atoms with Crippen molar-refractivity contribution in [3.63, 3.8) is 0 Å². The van der Waals surface area contributed by atoms with E-state index in [-0.39, 0.29) is 0 Å². The van der Waals surface area contributed by atoms with E-state index in [4.69, 9.17) is 0 Å². The Morgan fingerprint density at radius 2 is 1.83 bits per heavy atom. The molecule has 0 aliphatic carbocycles. The molecule has 1 unspecified atom stereocenters. The van der Waals surface area contributed by atoms with Crippen molar-refractivity contribution >= 4 is 11.8 Å². The topological polar surface area (TPSA) is 12.0 Å². The van der Waals surface area contributed by atoms with Crippen LogP contribution in [-0.2, 0) is 0 Å². The molecule has 94 valence electrons. The summed E-state index contributed by atoms with van der Waals surface area (Å²) in [6.45, 7) is 3.11. The van der Waals surface area contributed by atoms with Gasteiger partial charge in [-0.05, 0) is 31.7 Å². The molecule has 1 atom stereocenters. The van der Waals surface area contributed by atoms with Crippen LogP contribution in [0.25, 0.3) is 0 Å². The number of hydrogen-bond acceptors (Lipinski definition) is 2. The van der Waals surface area contributed by atoms with Crippen molar-refractivity contribution in [1.82, 2.24) is 5.32 Å². The molecule has 18 heavy (non-hydrogen) atoms. The SMILES string of the molecule is CNCC(Sc1cccc(C)c1)c1ccccc1. The summed E-state index contributed by atoms with van der Waals surface area (Å²) in [6, 6.07) is 19.4. The lowest BCUT2D eigenvalue weighted by Crippen LogP contribution is -2.14. The number of thioether (sulfide) groups is 1. The van der Waals surface area contributed by atoms with Gasteiger partial charge in [0.15, 0.2) is 0 Å². The van der Waals surface area contributed by atoms with Crippen molar-refractivity contribution in [1.29, 1.82) is 0 Å². The number of likely N-dealkylation sites (N-methyl/N-ethyl adjacent to an activating group) is 1. The maximum atomic E-state index is 3.28. The first-order valence-corrected chi connectivity index (χ1v) is 7.10. The van der Waals surface area contributed by atoms with E-state index in [1.54, 1.807) is 0 Å². The van der Waals surface area contributed by atoms with Gasteiger partial charge in [-0.2, -0.15) is 0 Å². The highest BCUT2D eigenvalue weighted by atomic mass is 32.2. The molecule has 1 nitrogen and oxygen atoms in total. The first kappa shape index (κ1) is 13.2. The number of nitrogens with one attached hydrogen (secondary N) is 1. The summed E-state index contributed by atoms with van der Waals surface area (Å²) in [5.41, 5.74) is 2.69. The highest BCUT2D eigenvalue weighted by Gasteiger charge is 2.11. The molecular formula is C16H19NS. The zero-order valence-corrected chi connectivity index (χ0v) is 11.7. The number of rotatable bonds is 5. The highest BCUT2D eigenvalue weighted by molar-refractivity contribution is 7.99. The second kappa shape index (κ2) is 6.62. The molecule has 2 aromatic rings. The molecule has 2 aromatic carbocycles. The summed E-state index contributed by atoms with van der Waals surface area (Å²) >= 11 is 1.92. The lowest BCUT2D eigenvalue weighted by atomic mass is 10.1. The van der Waals surface area contributed by atoms with Gasteiger partial charge in [-0.1, -0.05) is 48.0 Å². The summed E-state index contributed by atoms with van der Waals surface area (Å²) in [6.07, 6.45) is 0. The van der Waals surface area contributed by atoms with Gasteiger partial charge in [0.05, 0.1) is 0 Å². The van der Waals surface area contributed by atoms with Crippen molar-refractivity contribution in [2.24, 2.45) is 0 Å². The second-order valence-corrected chi connectivity index (χ2v) is 5.67. The van der Waals surface area contributed by atoms with Crippen LogP contribution in [0.4, 0.5) is 0 Å². The van der Waals surface area contributed by atoms with Crippen LogP contribution in [0, 0.1) is 6.92 Å². The zero-order valence-electron chi connectivity index (χ0n) is 10.9. The third-order valence-corrected chi connectivity index (χ3v) is 4.08. The second-order valence-electron chi connectivity index (χ2n) is 4.39. The van der Waals surface area contributed by atoms with E-state index in [0.29, 0.717) is 5.25 Å². The first-order chi connectivity index (χ1) is 8.79. The monoisotopic (exact) mass is 257 g/mol. The standard InChI is InChI=1S/C16H19NS/c1-13-7-6-10-15(11-13)18-16(12-17-2)14-8-4-3-5-9-14/h3-11,16-17H,12H2,1-2H3. The van der Waals surface area contributed by atoms with Crippen LogP contribution >= 0.6 is 11.8 Å². The molecule has 0 amide bonds. The van der Waals surface area contributed by atoms with Crippen molar-refractivity contribution < 1.29 is 0 Å². The van der Waals surface area contributed by atoms with Crippen molar-refractivity contribution in [3.05, 3.63) is 65.7 Å². The van der Waals surface area contributed by atoms with Crippen molar-refractivity contribution in [2.45, 2.75) is 17.1 Å². The summed E-state index contributed by atoms with van der Waals surface area (Å²) in [5, 5.41) is 3.74. The van der Waals surface area contributed by atoms with E-state index >= 15 is 0 Å². The molecule has 0 radical (unpaired) electrons. The Morgan fingerprint density at radius 3 is 2.50 bits per heavy atom. The lowest BCUT2D eigenvalue weighted by Gasteiger charge is -2.17. The Kier molecular flexibility index (Phi) is 4.85.